The summed E-state index contributed by atoms with van der Waals surface area (Å²) in [7, 11) is 0. The SMILES string of the molecule is O=C(Nc1ccc(C2CCN(C(=O)C3COCCO3)CC2)cc1)N1Cc2ccccc2C1. The first-order chi connectivity index (χ1) is 15.7. The van der Waals surface area contributed by atoms with Crippen molar-refractivity contribution in [2.45, 2.75) is 38.0 Å². The predicted octanol–water partition coefficient (Wildman–Crippen LogP) is 3.36. The summed E-state index contributed by atoms with van der Waals surface area (Å²) >= 11 is 0. The molecule has 3 amide bonds. The Bertz CT molecular complexity index is 938. The van der Waals surface area contributed by atoms with Crippen molar-refractivity contribution >= 4 is 17.6 Å². The van der Waals surface area contributed by atoms with Gasteiger partial charge in [0.05, 0.1) is 19.8 Å². The van der Waals surface area contributed by atoms with Crippen molar-refractivity contribution in [1.82, 2.24) is 9.80 Å². The van der Waals surface area contributed by atoms with Crippen molar-refractivity contribution < 1.29 is 19.1 Å². The second kappa shape index (κ2) is 9.30. The molecule has 3 aliphatic heterocycles. The second-order valence-electron chi connectivity index (χ2n) is 8.71. The number of carbonyl (C=O) groups excluding carboxylic acids is 2. The molecule has 0 saturated carbocycles. The minimum Gasteiger partial charge on any atom is -0.376 e. The molecule has 32 heavy (non-hydrogen) atoms. The average molecular weight is 436 g/mol. The number of amides is 3. The molecule has 2 saturated heterocycles. The summed E-state index contributed by atoms with van der Waals surface area (Å²) in [6.07, 6.45) is 1.40. The molecule has 3 heterocycles. The molecular weight excluding hydrogens is 406 g/mol. The molecule has 7 nitrogen and oxygen atoms in total. The molecule has 2 fully saturated rings. The number of likely N-dealkylation sites (tertiary alicyclic amines) is 1. The molecule has 3 aliphatic rings. The summed E-state index contributed by atoms with van der Waals surface area (Å²) in [4.78, 5) is 29.0. The highest BCUT2D eigenvalue weighted by Crippen LogP contribution is 2.30. The number of piperidine rings is 1. The van der Waals surface area contributed by atoms with Gasteiger partial charge in [0.25, 0.3) is 5.91 Å². The smallest absolute Gasteiger partial charge is 0.322 e. The molecule has 7 heteroatoms. The highest BCUT2D eigenvalue weighted by Gasteiger charge is 2.31. The monoisotopic (exact) mass is 435 g/mol. The molecule has 0 aliphatic carbocycles. The maximum atomic E-state index is 12.7. The fourth-order valence-corrected chi connectivity index (χ4v) is 4.79. The van der Waals surface area contributed by atoms with Crippen LogP contribution in [0.4, 0.5) is 10.5 Å². The summed E-state index contributed by atoms with van der Waals surface area (Å²) in [5, 5.41) is 3.02. The number of carbonyl (C=O) groups is 2. The van der Waals surface area contributed by atoms with Gasteiger partial charge in [-0.1, -0.05) is 36.4 Å². The standard InChI is InChI=1S/C25H29N3O4/c29-24(23-17-31-13-14-32-23)27-11-9-19(10-12-27)18-5-7-22(8-6-18)26-25(30)28-15-20-3-1-2-4-21(20)16-28/h1-8,19,23H,9-17H2,(H,26,30). The van der Waals surface area contributed by atoms with Crippen LogP contribution < -0.4 is 5.32 Å². The molecule has 0 spiro atoms. The van der Waals surface area contributed by atoms with Crippen molar-refractivity contribution in [2.75, 3.05) is 38.2 Å². The maximum Gasteiger partial charge on any atom is 0.322 e. The van der Waals surface area contributed by atoms with Crippen LogP contribution in [-0.4, -0.2) is 60.8 Å². The fraction of sp³-hybridized carbons (Fsp3) is 0.440. The van der Waals surface area contributed by atoms with Gasteiger partial charge in [0, 0.05) is 31.9 Å². The van der Waals surface area contributed by atoms with Crippen molar-refractivity contribution in [3.05, 3.63) is 65.2 Å². The molecular formula is C25H29N3O4. The molecule has 0 bridgehead atoms. The number of benzene rings is 2. The van der Waals surface area contributed by atoms with Crippen LogP contribution in [0.1, 0.15) is 35.4 Å². The Morgan fingerprint density at radius 2 is 1.56 bits per heavy atom. The number of hydrogen-bond acceptors (Lipinski definition) is 4. The molecule has 5 rings (SSSR count). The van der Waals surface area contributed by atoms with Gasteiger partial charge in [0.2, 0.25) is 0 Å². The van der Waals surface area contributed by atoms with Gasteiger partial charge in [0.15, 0.2) is 6.10 Å². The minimum absolute atomic E-state index is 0.0465. The quantitative estimate of drug-likeness (QED) is 0.803. The Balaban J connectivity index is 1.12. The summed E-state index contributed by atoms with van der Waals surface area (Å²) in [6, 6.07) is 16.2. The Morgan fingerprint density at radius 1 is 0.875 bits per heavy atom. The van der Waals surface area contributed by atoms with Crippen LogP contribution in [0.25, 0.3) is 0 Å². The van der Waals surface area contributed by atoms with Crippen LogP contribution in [-0.2, 0) is 27.4 Å². The molecule has 2 aromatic rings. The number of hydrogen-bond donors (Lipinski definition) is 1. The Kier molecular flexibility index (Phi) is 6.10. The van der Waals surface area contributed by atoms with E-state index in [0.29, 0.717) is 38.8 Å². The summed E-state index contributed by atoms with van der Waals surface area (Å²) in [6.45, 7) is 4.17. The van der Waals surface area contributed by atoms with E-state index >= 15 is 0 Å². The number of fused-ring (bicyclic) bond motifs is 1. The van der Waals surface area contributed by atoms with Gasteiger partial charge in [-0.3, -0.25) is 4.79 Å². The minimum atomic E-state index is -0.452. The highest BCUT2D eigenvalue weighted by molar-refractivity contribution is 5.89. The van der Waals surface area contributed by atoms with E-state index in [1.54, 1.807) is 0 Å². The zero-order valence-electron chi connectivity index (χ0n) is 18.2. The van der Waals surface area contributed by atoms with E-state index in [4.69, 9.17) is 9.47 Å². The van der Waals surface area contributed by atoms with Crippen molar-refractivity contribution in [2.24, 2.45) is 0 Å². The van der Waals surface area contributed by atoms with Crippen LogP contribution in [0.15, 0.2) is 48.5 Å². The first-order valence-electron chi connectivity index (χ1n) is 11.4. The van der Waals surface area contributed by atoms with E-state index in [9.17, 15) is 9.59 Å². The zero-order valence-corrected chi connectivity index (χ0v) is 18.2. The lowest BCUT2D eigenvalue weighted by Crippen LogP contribution is -2.47. The maximum absolute atomic E-state index is 12.7. The lowest BCUT2D eigenvalue weighted by Gasteiger charge is -2.35. The van der Waals surface area contributed by atoms with Crippen LogP contribution in [0.5, 0.6) is 0 Å². The van der Waals surface area contributed by atoms with E-state index < -0.39 is 6.10 Å². The van der Waals surface area contributed by atoms with Gasteiger partial charge in [-0.05, 0) is 47.6 Å². The summed E-state index contributed by atoms with van der Waals surface area (Å²) < 4.78 is 10.9. The van der Waals surface area contributed by atoms with E-state index in [0.717, 1.165) is 31.6 Å². The molecule has 0 radical (unpaired) electrons. The first-order valence-corrected chi connectivity index (χ1v) is 11.4. The van der Waals surface area contributed by atoms with Crippen LogP contribution >= 0.6 is 0 Å². The molecule has 0 aromatic heterocycles. The Morgan fingerprint density at radius 3 is 2.19 bits per heavy atom. The second-order valence-corrected chi connectivity index (χ2v) is 8.71. The van der Waals surface area contributed by atoms with Gasteiger partial charge in [0.1, 0.15) is 0 Å². The largest absolute Gasteiger partial charge is 0.376 e. The molecule has 1 N–H and O–H groups in total. The number of rotatable bonds is 3. The average Bonchev–Trinajstić information content (AvgIpc) is 3.29. The van der Waals surface area contributed by atoms with Crippen LogP contribution in [0.3, 0.4) is 0 Å². The van der Waals surface area contributed by atoms with Gasteiger partial charge in [-0.2, -0.15) is 0 Å². The molecule has 1 unspecified atom stereocenters. The molecule has 1 atom stereocenters. The highest BCUT2D eigenvalue weighted by atomic mass is 16.6. The topological polar surface area (TPSA) is 71.1 Å². The van der Waals surface area contributed by atoms with Crippen LogP contribution in [0, 0.1) is 0 Å². The van der Waals surface area contributed by atoms with Gasteiger partial charge in [-0.25, -0.2) is 4.79 Å². The Labute approximate surface area is 188 Å². The van der Waals surface area contributed by atoms with Crippen molar-refractivity contribution in [3.8, 4) is 0 Å². The van der Waals surface area contributed by atoms with Crippen molar-refractivity contribution in [3.63, 3.8) is 0 Å². The molecule has 2 aromatic carbocycles. The lowest BCUT2D eigenvalue weighted by atomic mass is 9.89. The molecule has 168 valence electrons. The third kappa shape index (κ3) is 4.49. The zero-order chi connectivity index (χ0) is 21.9. The van der Waals surface area contributed by atoms with Gasteiger partial charge < -0.3 is 24.6 Å². The van der Waals surface area contributed by atoms with Gasteiger partial charge >= 0.3 is 6.03 Å². The number of anilines is 1. The first kappa shape index (κ1) is 21.0. The third-order valence-electron chi connectivity index (χ3n) is 6.66. The normalized spacial score (nSPS) is 21.3. The Hall–Kier alpha value is -2.90. The predicted molar refractivity (Wildman–Crippen MR) is 120 cm³/mol. The lowest BCUT2D eigenvalue weighted by molar-refractivity contribution is -0.158. The van der Waals surface area contributed by atoms with Crippen LogP contribution in [0.2, 0.25) is 0 Å². The number of urea groups is 1. The summed E-state index contributed by atoms with van der Waals surface area (Å²) in [5.74, 6) is 0.464. The summed E-state index contributed by atoms with van der Waals surface area (Å²) in [5.41, 5.74) is 4.48. The number of ether oxygens (including phenoxy) is 2. The van der Waals surface area contributed by atoms with E-state index in [1.807, 2.05) is 34.1 Å². The van der Waals surface area contributed by atoms with E-state index in [1.165, 1.54) is 16.7 Å². The van der Waals surface area contributed by atoms with E-state index in [-0.39, 0.29) is 11.9 Å². The van der Waals surface area contributed by atoms with Crippen molar-refractivity contribution in [1.29, 1.82) is 0 Å². The number of nitrogens with one attached hydrogen (secondary N) is 1. The fourth-order valence-electron chi connectivity index (χ4n) is 4.79. The third-order valence-corrected chi connectivity index (χ3v) is 6.66. The van der Waals surface area contributed by atoms with E-state index in [2.05, 4.69) is 29.6 Å². The number of nitrogens with zero attached hydrogens (tertiary/aromatic N) is 2. The van der Waals surface area contributed by atoms with Gasteiger partial charge in [-0.15, -0.1) is 0 Å².